The minimum absolute atomic E-state index is 0.132. The van der Waals surface area contributed by atoms with Crippen LogP contribution < -0.4 is 15.0 Å². The molecule has 8 heteroatoms. The molecule has 0 aliphatic carbocycles. The fourth-order valence-corrected chi connectivity index (χ4v) is 5.14. The van der Waals surface area contributed by atoms with Crippen molar-refractivity contribution in [1.82, 2.24) is 4.31 Å². The minimum atomic E-state index is -3.66. The summed E-state index contributed by atoms with van der Waals surface area (Å²) in [4.78, 5) is 14.7. The van der Waals surface area contributed by atoms with E-state index in [0.717, 1.165) is 11.1 Å². The summed E-state index contributed by atoms with van der Waals surface area (Å²) in [5, 5.41) is 2.82. The van der Waals surface area contributed by atoms with Crippen molar-refractivity contribution in [2.75, 3.05) is 44.0 Å². The molecule has 0 heterocycles. The van der Waals surface area contributed by atoms with Crippen molar-refractivity contribution in [3.05, 3.63) is 72.8 Å². The molecule has 0 spiro atoms. The molecule has 1 N–H and O–H groups in total. The van der Waals surface area contributed by atoms with Gasteiger partial charge in [-0.25, -0.2) is 8.42 Å². The molecule has 0 atom stereocenters. The third-order valence-electron chi connectivity index (χ3n) is 5.40. The zero-order valence-corrected chi connectivity index (χ0v) is 20.8. The third kappa shape index (κ3) is 5.76. The molecule has 0 saturated heterocycles. The highest BCUT2D eigenvalue weighted by Gasteiger charge is 2.23. The molecule has 7 nitrogen and oxygen atoms in total. The Bertz CT molecular complexity index is 1220. The fraction of sp³-hybridized carbons (Fsp3) is 0.269. The number of sulfonamides is 1. The second-order valence-electron chi connectivity index (χ2n) is 7.86. The molecule has 3 aromatic rings. The van der Waals surface area contributed by atoms with Crippen LogP contribution in [0, 0.1) is 0 Å². The second kappa shape index (κ2) is 11.2. The van der Waals surface area contributed by atoms with Gasteiger partial charge >= 0.3 is 0 Å². The van der Waals surface area contributed by atoms with Crippen LogP contribution in [0.5, 0.6) is 5.75 Å². The number of hydrogen-bond donors (Lipinski definition) is 1. The Morgan fingerprint density at radius 2 is 1.56 bits per heavy atom. The number of ether oxygens (including phenoxy) is 1. The number of nitrogens with zero attached hydrogens (tertiary/aromatic N) is 2. The first kappa shape index (κ1) is 25.3. The molecule has 180 valence electrons. The van der Waals surface area contributed by atoms with Gasteiger partial charge in [0, 0.05) is 32.7 Å². The van der Waals surface area contributed by atoms with E-state index in [2.05, 4.69) is 5.32 Å². The second-order valence-corrected chi connectivity index (χ2v) is 9.80. The van der Waals surface area contributed by atoms with Gasteiger partial charge < -0.3 is 15.0 Å². The molecular weight excluding hydrogens is 450 g/mol. The number of carbonyl (C=O) groups excluding carboxylic acids is 1. The normalized spacial score (nSPS) is 11.3. The highest BCUT2D eigenvalue weighted by atomic mass is 32.2. The van der Waals surface area contributed by atoms with Crippen molar-refractivity contribution in [3.8, 4) is 16.9 Å². The van der Waals surface area contributed by atoms with Crippen LogP contribution in [0.2, 0.25) is 0 Å². The van der Waals surface area contributed by atoms with Gasteiger partial charge in [-0.3, -0.25) is 4.79 Å². The van der Waals surface area contributed by atoms with Gasteiger partial charge in [-0.2, -0.15) is 4.31 Å². The molecule has 34 heavy (non-hydrogen) atoms. The van der Waals surface area contributed by atoms with Crippen molar-refractivity contribution in [2.24, 2.45) is 0 Å². The molecule has 0 bridgehead atoms. The lowest BCUT2D eigenvalue weighted by molar-refractivity contribution is -0.118. The Morgan fingerprint density at radius 1 is 0.912 bits per heavy atom. The summed E-state index contributed by atoms with van der Waals surface area (Å²) in [6.45, 7) is 4.10. The van der Waals surface area contributed by atoms with Gasteiger partial charge in [0.25, 0.3) is 5.91 Å². The van der Waals surface area contributed by atoms with Gasteiger partial charge in [0.15, 0.2) is 6.61 Å². The van der Waals surface area contributed by atoms with Gasteiger partial charge in [0.05, 0.1) is 16.3 Å². The van der Waals surface area contributed by atoms with E-state index in [1.807, 2.05) is 73.6 Å². The van der Waals surface area contributed by atoms with Crippen molar-refractivity contribution < 1.29 is 17.9 Å². The highest BCUT2D eigenvalue weighted by Crippen LogP contribution is 2.31. The van der Waals surface area contributed by atoms with Crippen molar-refractivity contribution in [3.63, 3.8) is 0 Å². The first-order valence-electron chi connectivity index (χ1n) is 11.2. The van der Waals surface area contributed by atoms with Gasteiger partial charge in [-0.1, -0.05) is 62.4 Å². The Hall–Kier alpha value is -3.36. The van der Waals surface area contributed by atoms with Gasteiger partial charge in [0.1, 0.15) is 5.75 Å². The zero-order chi connectivity index (χ0) is 24.7. The van der Waals surface area contributed by atoms with E-state index in [4.69, 9.17) is 4.74 Å². The number of benzene rings is 3. The number of carbonyl (C=O) groups is 1. The van der Waals surface area contributed by atoms with E-state index < -0.39 is 10.0 Å². The number of para-hydroxylation sites is 1. The molecule has 1 amide bonds. The summed E-state index contributed by atoms with van der Waals surface area (Å²) in [7, 11) is -0.00217. The van der Waals surface area contributed by atoms with E-state index in [1.165, 1.54) is 10.4 Å². The quantitative estimate of drug-likeness (QED) is 0.462. The summed E-state index contributed by atoms with van der Waals surface area (Å²) in [6, 6.07) is 22.1. The van der Waals surface area contributed by atoms with E-state index in [1.54, 1.807) is 26.0 Å². The third-order valence-corrected chi connectivity index (χ3v) is 7.44. The lowest BCUT2D eigenvalue weighted by Crippen LogP contribution is -2.31. The maximum atomic E-state index is 13.0. The lowest BCUT2D eigenvalue weighted by Gasteiger charge is -2.22. The smallest absolute Gasteiger partial charge is 0.262 e. The van der Waals surface area contributed by atoms with Crippen LogP contribution in [0.15, 0.2) is 77.7 Å². The SMILES string of the molecule is CCN(CC)S(=O)(=O)c1ccc(N(C)C)c(NC(=O)COc2ccccc2-c2ccccc2)c1. The molecule has 0 unspecified atom stereocenters. The van der Waals surface area contributed by atoms with Crippen LogP contribution in [0.1, 0.15) is 13.8 Å². The Morgan fingerprint density at radius 3 is 2.21 bits per heavy atom. The molecule has 0 saturated carbocycles. The summed E-state index contributed by atoms with van der Waals surface area (Å²) in [6.07, 6.45) is 0. The number of nitrogens with one attached hydrogen (secondary N) is 1. The average Bonchev–Trinajstić information content (AvgIpc) is 2.84. The summed E-state index contributed by atoms with van der Waals surface area (Å²) >= 11 is 0. The van der Waals surface area contributed by atoms with E-state index in [9.17, 15) is 13.2 Å². The van der Waals surface area contributed by atoms with Crippen molar-refractivity contribution in [1.29, 1.82) is 0 Å². The Kier molecular flexibility index (Phi) is 8.31. The highest BCUT2D eigenvalue weighted by molar-refractivity contribution is 7.89. The maximum Gasteiger partial charge on any atom is 0.262 e. The largest absolute Gasteiger partial charge is 0.483 e. The zero-order valence-electron chi connectivity index (χ0n) is 20.0. The summed E-state index contributed by atoms with van der Waals surface area (Å²) < 4.78 is 33.2. The molecular formula is C26H31N3O4S. The topological polar surface area (TPSA) is 79.0 Å². The van der Waals surface area contributed by atoms with Crippen LogP contribution in [0.4, 0.5) is 11.4 Å². The molecule has 0 aromatic heterocycles. The van der Waals surface area contributed by atoms with Gasteiger partial charge in [0.2, 0.25) is 10.0 Å². The van der Waals surface area contributed by atoms with Crippen LogP contribution >= 0.6 is 0 Å². The van der Waals surface area contributed by atoms with Crippen LogP contribution in [-0.2, 0) is 14.8 Å². The van der Waals surface area contributed by atoms with Crippen molar-refractivity contribution >= 4 is 27.3 Å². The molecule has 0 radical (unpaired) electrons. The molecule has 3 aromatic carbocycles. The van der Waals surface area contributed by atoms with Crippen LogP contribution in [0.25, 0.3) is 11.1 Å². The molecule has 3 rings (SSSR count). The van der Waals surface area contributed by atoms with Crippen molar-refractivity contribution in [2.45, 2.75) is 18.7 Å². The first-order chi connectivity index (χ1) is 16.3. The molecule has 0 fully saturated rings. The molecule has 0 aliphatic rings. The fourth-order valence-electron chi connectivity index (χ4n) is 3.66. The monoisotopic (exact) mass is 481 g/mol. The lowest BCUT2D eigenvalue weighted by atomic mass is 10.1. The standard InChI is InChI=1S/C26H31N3O4S/c1-5-29(6-2)34(31,32)21-16-17-24(28(3)4)23(18-21)27-26(30)19-33-25-15-11-10-14-22(25)20-12-8-7-9-13-20/h7-18H,5-6,19H2,1-4H3,(H,27,30). The summed E-state index contributed by atoms with van der Waals surface area (Å²) in [5.41, 5.74) is 2.97. The predicted molar refractivity (Wildman–Crippen MR) is 137 cm³/mol. The van der Waals surface area contributed by atoms with Gasteiger partial charge in [-0.15, -0.1) is 0 Å². The minimum Gasteiger partial charge on any atom is -0.483 e. The number of rotatable bonds is 10. The van der Waals surface area contributed by atoms with Gasteiger partial charge in [-0.05, 0) is 29.8 Å². The van der Waals surface area contributed by atoms with E-state index in [-0.39, 0.29) is 17.4 Å². The Balaban J connectivity index is 1.81. The number of hydrogen-bond acceptors (Lipinski definition) is 5. The number of amides is 1. The van der Waals surface area contributed by atoms with E-state index >= 15 is 0 Å². The van der Waals surface area contributed by atoms with Crippen LogP contribution in [-0.4, -0.2) is 52.4 Å². The molecule has 0 aliphatic heterocycles. The maximum absolute atomic E-state index is 13.0. The number of anilines is 2. The Labute approximate surface area is 202 Å². The van der Waals surface area contributed by atoms with E-state index in [0.29, 0.717) is 30.2 Å². The first-order valence-corrected chi connectivity index (χ1v) is 12.6. The van der Waals surface area contributed by atoms with Crippen LogP contribution in [0.3, 0.4) is 0 Å². The average molecular weight is 482 g/mol. The predicted octanol–water partition coefficient (Wildman–Crippen LogP) is 4.47. The summed E-state index contributed by atoms with van der Waals surface area (Å²) in [5.74, 6) is 0.206.